The summed E-state index contributed by atoms with van der Waals surface area (Å²) in [6, 6.07) is 4.08. The van der Waals surface area contributed by atoms with Crippen LogP contribution in [0.2, 0.25) is 0 Å². The number of thiophene rings is 1. The zero-order valence-corrected chi connectivity index (χ0v) is 10.9. The molecular formula is C12H16N3OS+. The Labute approximate surface area is 105 Å². The average molecular weight is 250 g/mol. The van der Waals surface area contributed by atoms with Crippen LogP contribution in [0.3, 0.4) is 0 Å². The van der Waals surface area contributed by atoms with Gasteiger partial charge in [0.05, 0.1) is 13.6 Å². The van der Waals surface area contributed by atoms with Gasteiger partial charge >= 0.3 is 6.03 Å². The molecule has 0 atom stereocenters. The van der Waals surface area contributed by atoms with Gasteiger partial charge in [0.1, 0.15) is 12.4 Å². The van der Waals surface area contributed by atoms with Crippen molar-refractivity contribution in [3.63, 3.8) is 0 Å². The van der Waals surface area contributed by atoms with E-state index in [0.29, 0.717) is 13.1 Å². The van der Waals surface area contributed by atoms with E-state index >= 15 is 0 Å². The van der Waals surface area contributed by atoms with Crippen molar-refractivity contribution < 1.29 is 9.36 Å². The second-order valence-electron chi connectivity index (χ2n) is 3.86. The first-order chi connectivity index (χ1) is 8.20. The molecule has 0 bridgehead atoms. The van der Waals surface area contributed by atoms with E-state index in [2.05, 4.69) is 6.07 Å². The van der Waals surface area contributed by atoms with Gasteiger partial charge in [-0.05, 0) is 18.4 Å². The summed E-state index contributed by atoms with van der Waals surface area (Å²) in [6.07, 6.45) is 5.41. The Kier molecular flexibility index (Phi) is 3.58. The maximum atomic E-state index is 12.2. The fourth-order valence-corrected chi connectivity index (χ4v) is 2.35. The molecule has 0 unspecified atom stereocenters. The van der Waals surface area contributed by atoms with Gasteiger partial charge in [0, 0.05) is 11.4 Å². The van der Waals surface area contributed by atoms with Gasteiger partial charge in [-0.1, -0.05) is 6.07 Å². The van der Waals surface area contributed by atoms with E-state index in [0.717, 1.165) is 0 Å². The predicted octanol–water partition coefficient (Wildman–Crippen LogP) is 1.86. The summed E-state index contributed by atoms with van der Waals surface area (Å²) in [5.74, 6) is 0. The van der Waals surface area contributed by atoms with Gasteiger partial charge in [0.2, 0.25) is 0 Å². The lowest BCUT2D eigenvalue weighted by atomic mass is 10.4. The van der Waals surface area contributed by atoms with E-state index in [1.165, 1.54) is 4.88 Å². The van der Waals surface area contributed by atoms with Gasteiger partial charge in [0.25, 0.3) is 6.33 Å². The molecule has 4 nitrogen and oxygen atoms in total. The summed E-state index contributed by atoms with van der Waals surface area (Å²) in [4.78, 5) is 15.2. The van der Waals surface area contributed by atoms with Crippen LogP contribution in [-0.4, -0.2) is 22.0 Å². The Hall–Kier alpha value is -1.62. The zero-order chi connectivity index (χ0) is 12.3. The number of rotatable bonds is 3. The van der Waals surface area contributed by atoms with Crippen LogP contribution in [0.25, 0.3) is 0 Å². The van der Waals surface area contributed by atoms with Crippen LogP contribution in [-0.2, 0) is 13.6 Å². The average Bonchev–Trinajstić information content (AvgIpc) is 2.96. The molecule has 0 aliphatic heterocycles. The molecule has 0 spiro atoms. The Morgan fingerprint density at radius 1 is 1.59 bits per heavy atom. The fraction of sp³-hybridized carbons (Fsp3) is 0.333. The van der Waals surface area contributed by atoms with Crippen molar-refractivity contribution in [2.24, 2.45) is 7.05 Å². The normalized spacial score (nSPS) is 10.5. The highest BCUT2D eigenvalue weighted by atomic mass is 32.1. The second kappa shape index (κ2) is 5.14. The third-order valence-corrected chi connectivity index (χ3v) is 3.43. The molecule has 90 valence electrons. The largest absolute Gasteiger partial charge is 0.416 e. The molecule has 5 heteroatoms. The van der Waals surface area contributed by atoms with Crippen LogP contribution in [0.5, 0.6) is 0 Å². The first-order valence-corrected chi connectivity index (χ1v) is 6.43. The lowest BCUT2D eigenvalue weighted by Crippen LogP contribution is -2.34. The summed E-state index contributed by atoms with van der Waals surface area (Å²) in [5, 5.41) is 2.03. The molecule has 0 N–H and O–H groups in total. The summed E-state index contributed by atoms with van der Waals surface area (Å²) < 4.78 is 3.47. The Bertz CT molecular complexity index is 490. The van der Waals surface area contributed by atoms with Crippen LogP contribution < -0.4 is 4.57 Å². The van der Waals surface area contributed by atoms with Crippen molar-refractivity contribution in [3.05, 3.63) is 41.1 Å². The van der Waals surface area contributed by atoms with Crippen LogP contribution in [0.4, 0.5) is 4.79 Å². The lowest BCUT2D eigenvalue weighted by Gasteiger charge is -2.16. The number of amides is 1. The molecule has 2 rings (SSSR count). The van der Waals surface area contributed by atoms with Crippen LogP contribution in [0.1, 0.15) is 11.8 Å². The standard InChI is InChI=1S/C12H16N3OS/c1-3-14(9-11-5-4-8-17-11)12(16)15-7-6-13(2)10-15/h4-8,10H,3,9H2,1-2H3/q+1. The molecule has 0 aliphatic carbocycles. The quantitative estimate of drug-likeness (QED) is 0.765. The minimum absolute atomic E-state index is 0.0153. The third kappa shape index (κ3) is 2.74. The van der Waals surface area contributed by atoms with E-state index in [4.69, 9.17) is 0 Å². The lowest BCUT2D eigenvalue weighted by molar-refractivity contribution is -0.670. The minimum atomic E-state index is 0.0153. The first kappa shape index (κ1) is 11.9. The van der Waals surface area contributed by atoms with Crippen LogP contribution in [0, 0.1) is 0 Å². The molecule has 0 aromatic carbocycles. The molecule has 1 amide bonds. The minimum Gasteiger partial charge on any atom is -0.299 e. The van der Waals surface area contributed by atoms with Gasteiger partial charge in [-0.3, -0.25) is 4.90 Å². The topological polar surface area (TPSA) is 29.1 Å². The van der Waals surface area contributed by atoms with Gasteiger partial charge in [0.15, 0.2) is 0 Å². The van der Waals surface area contributed by atoms with Crippen molar-refractivity contribution in [2.75, 3.05) is 6.54 Å². The molecule has 17 heavy (non-hydrogen) atoms. The van der Waals surface area contributed by atoms with Crippen molar-refractivity contribution in [3.8, 4) is 0 Å². The maximum Gasteiger partial charge on any atom is 0.416 e. The van der Waals surface area contributed by atoms with E-state index in [1.807, 2.05) is 41.1 Å². The SMILES string of the molecule is CCN(Cc1cccs1)C(=O)n1cc[n+](C)c1. The highest BCUT2D eigenvalue weighted by molar-refractivity contribution is 7.09. The Morgan fingerprint density at radius 3 is 2.94 bits per heavy atom. The summed E-state index contributed by atoms with van der Waals surface area (Å²) in [7, 11) is 1.90. The number of carbonyl (C=O) groups excluding carboxylic acids is 1. The number of aromatic nitrogens is 2. The number of imidazole rings is 1. The summed E-state index contributed by atoms with van der Waals surface area (Å²) in [6.45, 7) is 3.38. The van der Waals surface area contributed by atoms with Gasteiger partial charge in [-0.2, -0.15) is 4.57 Å². The van der Waals surface area contributed by atoms with Crippen molar-refractivity contribution in [1.29, 1.82) is 0 Å². The number of carbonyl (C=O) groups is 1. The van der Waals surface area contributed by atoms with Gasteiger partial charge in [-0.15, -0.1) is 11.3 Å². The number of nitrogens with zero attached hydrogens (tertiary/aromatic N) is 3. The molecule has 2 heterocycles. The molecule has 0 radical (unpaired) electrons. The Balaban J connectivity index is 2.10. The first-order valence-electron chi connectivity index (χ1n) is 5.55. The fourth-order valence-electron chi connectivity index (χ4n) is 1.63. The van der Waals surface area contributed by atoms with Crippen LogP contribution >= 0.6 is 11.3 Å². The van der Waals surface area contributed by atoms with Crippen molar-refractivity contribution in [1.82, 2.24) is 9.47 Å². The number of aryl methyl sites for hydroxylation is 1. The molecule has 0 saturated carbocycles. The van der Waals surface area contributed by atoms with E-state index in [1.54, 1.807) is 28.4 Å². The smallest absolute Gasteiger partial charge is 0.299 e. The Morgan fingerprint density at radius 2 is 2.41 bits per heavy atom. The highest BCUT2D eigenvalue weighted by Gasteiger charge is 2.19. The van der Waals surface area contributed by atoms with Gasteiger partial charge in [-0.25, -0.2) is 9.36 Å². The van der Waals surface area contributed by atoms with Crippen molar-refractivity contribution in [2.45, 2.75) is 13.5 Å². The monoisotopic (exact) mass is 250 g/mol. The highest BCUT2D eigenvalue weighted by Crippen LogP contribution is 2.12. The molecule has 2 aromatic heterocycles. The summed E-state index contributed by atoms with van der Waals surface area (Å²) >= 11 is 1.68. The zero-order valence-electron chi connectivity index (χ0n) is 10.0. The van der Waals surface area contributed by atoms with E-state index < -0.39 is 0 Å². The molecule has 0 aliphatic rings. The molecule has 2 aromatic rings. The summed E-state index contributed by atoms with van der Waals surface area (Å²) in [5.41, 5.74) is 0. The molecular weight excluding hydrogens is 234 g/mol. The van der Waals surface area contributed by atoms with E-state index in [-0.39, 0.29) is 6.03 Å². The second-order valence-corrected chi connectivity index (χ2v) is 4.89. The number of hydrogen-bond donors (Lipinski definition) is 0. The van der Waals surface area contributed by atoms with Crippen LogP contribution in [0.15, 0.2) is 36.2 Å². The third-order valence-electron chi connectivity index (χ3n) is 2.57. The van der Waals surface area contributed by atoms with E-state index in [9.17, 15) is 4.79 Å². The predicted molar refractivity (Wildman–Crippen MR) is 66.8 cm³/mol. The molecule has 0 saturated heterocycles. The maximum absolute atomic E-state index is 12.2. The number of hydrogen-bond acceptors (Lipinski definition) is 2. The van der Waals surface area contributed by atoms with Gasteiger partial charge < -0.3 is 0 Å². The molecule has 0 fully saturated rings. The van der Waals surface area contributed by atoms with Crippen molar-refractivity contribution >= 4 is 17.4 Å².